The minimum absolute atomic E-state index is 0.709. The molecule has 14 heavy (non-hydrogen) atoms. The van der Waals surface area contributed by atoms with E-state index < -0.39 is 0 Å². The zero-order valence-corrected chi connectivity index (χ0v) is 9.17. The molecule has 2 rings (SSSR count). The van der Waals surface area contributed by atoms with Crippen molar-refractivity contribution < 1.29 is 0 Å². The normalized spacial score (nSPS) is 19.9. The molecule has 1 heterocycles. The van der Waals surface area contributed by atoms with E-state index in [1.807, 2.05) is 7.05 Å². The summed E-state index contributed by atoms with van der Waals surface area (Å²) < 4.78 is 0. The first-order valence-corrected chi connectivity index (χ1v) is 5.21. The number of nitrogens with one attached hydrogen (secondary N) is 1. The van der Waals surface area contributed by atoms with E-state index in [0.29, 0.717) is 6.04 Å². The molecule has 0 bridgehead atoms. The van der Waals surface area contributed by atoms with Crippen LogP contribution in [-0.2, 0) is 0 Å². The van der Waals surface area contributed by atoms with E-state index in [9.17, 15) is 0 Å². The topological polar surface area (TPSA) is 15.0 Å². The molecule has 1 saturated heterocycles. The molecule has 0 aliphatic carbocycles. The zero-order chi connectivity index (χ0) is 10.1. The van der Waals surface area contributed by atoms with Gasteiger partial charge in [0.2, 0.25) is 0 Å². The first-order chi connectivity index (χ1) is 6.74. The molecule has 0 saturated carbocycles. The summed E-state index contributed by atoms with van der Waals surface area (Å²) in [6, 6.07) is 7.25. The molecule has 1 atom stereocenters. The highest BCUT2D eigenvalue weighted by atomic mass is 15.3. The van der Waals surface area contributed by atoms with Gasteiger partial charge in [-0.05, 0) is 38.1 Å². The van der Waals surface area contributed by atoms with Crippen molar-refractivity contribution in [2.75, 3.05) is 25.0 Å². The number of aryl methyl sites for hydroxylation is 1. The average Bonchev–Trinajstić information content (AvgIpc) is 2.90. The predicted octanol–water partition coefficient (Wildman–Crippen LogP) is 1.71. The van der Waals surface area contributed by atoms with Gasteiger partial charge < -0.3 is 10.2 Å². The Hall–Kier alpha value is -1.02. The van der Waals surface area contributed by atoms with E-state index in [-0.39, 0.29) is 0 Å². The Bertz CT molecular complexity index is 333. The summed E-state index contributed by atoms with van der Waals surface area (Å²) in [4.78, 5) is 2.46. The standard InChI is InChI=1S/C12H18N2/c1-9-5-4-6-12(10(9)2)14-8-11(14)7-13-3/h4-6,11,13H,7-8H2,1-3H3. The Labute approximate surface area is 85.9 Å². The predicted molar refractivity (Wildman–Crippen MR) is 61.0 cm³/mol. The van der Waals surface area contributed by atoms with Crippen LogP contribution in [-0.4, -0.2) is 26.2 Å². The second kappa shape index (κ2) is 3.62. The summed E-state index contributed by atoms with van der Waals surface area (Å²) in [5.41, 5.74) is 4.22. The fourth-order valence-corrected chi connectivity index (χ4v) is 1.93. The molecule has 76 valence electrons. The lowest BCUT2D eigenvalue weighted by Crippen LogP contribution is -2.17. The monoisotopic (exact) mass is 190 g/mol. The van der Waals surface area contributed by atoms with Gasteiger partial charge in [0.25, 0.3) is 0 Å². The molecular weight excluding hydrogens is 172 g/mol. The summed E-state index contributed by atoms with van der Waals surface area (Å²) in [5, 5.41) is 3.22. The minimum atomic E-state index is 0.709. The fraction of sp³-hybridized carbons (Fsp3) is 0.500. The summed E-state index contributed by atoms with van der Waals surface area (Å²) in [5.74, 6) is 0. The number of rotatable bonds is 3. The van der Waals surface area contributed by atoms with Gasteiger partial charge in [-0.3, -0.25) is 0 Å². The first-order valence-electron chi connectivity index (χ1n) is 5.21. The van der Waals surface area contributed by atoms with Crippen molar-refractivity contribution >= 4 is 5.69 Å². The molecule has 1 fully saturated rings. The van der Waals surface area contributed by atoms with Gasteiger partial charge in [-0.2, -0.15) is 0 Å². The number of likely N-dealkylation sites (N-methyl/N-ethyl adjacent to an activating group) is 1. The second-order valence-electron chi connectivity index (χ2n) is 4.08. The van der Waals surface area contributed by atoms with E-state index in [4.69, 9.17) is 0 Å². The van der Waals surface area contributed by atoms with Crippen LogP contribution in [0.5, 0.6) is 0 Å². The highest BCUT2D eigenvalue weighted by Crippen LogP contribution is 2.31. The molecule has 1 N–H and O–H groups in total. The quantitative estimate of drug-likeness (QED) is 0.730. The van der Waals surface area contributed by atoms with Gasteiger partial charge >= 0.3 is 0 Å². The molecule has 0 spiro atoms. The maximum Gasteiger partial charge on any atom is 0.0590 e. The van der Waals surface area contributed by atoms with Crippen molar-refractivity contribution in [2.45, 2.75) is 19.9 Å². The third-order valence-corrected chi connectivity index (χ3v) is 3.04. The molecule has 0 radical (unpaired) electrons. The maximum atomic E-state index is 3.22. The lowest BCUT2D eigenvalue weighted by atomic mass is 10.1. The van der Waals surface area contributed by atoms with Crippen LogP contribution in [0.4, 0.5) is 5.69 Å². The smallest absolute Gasteiger partial charge is 0.0590 e. The summed E-state index contributed by atoms with van der Waals surface area (Å²) in [6.07, 6.45) is 0. The third-order valence-electron chi connectivity index (χ3n) is 3.04. The van der Waals surface area contributed by atoms with Crippen molar-refractivity contribution in [2.24, 2.45) is 0 Å². The Morgan fingerprint density at radius 3 is 2.93 bits per heavy atom. The number of hydrogen-bond acceptors (Lipinski definition) is 2. The molecule has 2 nitrogen and oxygen atoms in total. The highest BCUT2D eigenvalue weighted by Gasteiger charge is 2.33. The SMILES string of the molecule is CNCC1CN1c1cccc(C)c1C. The Balaban J connectivity index is 2.15. The van der Waals surface area contributed by atoms with Crippen molar-refractivity contribution in [3.8, 4) is 0 Å². The largest absolute Gasteiger partial charge is 0.363 e. The minimum Gasteiger partial charge on any atom is -0.363 e. The van der Waals surface area contributed by atoms with Gasteiger partial charge in [-0.1, -0.05) is 12.1 Å². The van der Waals surface area contributed by atoms with Crippen LogP contribution >= 0.6 is 0 Å². The average molecular weight is 190 g/mol. The van der Waals surface area contributed by atoms with Crippen LogP contribution in [0.2, 0.25) is 0 Å². The zero-order valence-electron chi connectivity index (χ0n) is 9.17. The van der Waals surface area contributed by atoms with E-state index in [0.717, 1.165) is 6.54 Å². The van der Waals surface area contributed by atoms with Crippen LogP contribution < -0.4 is 10.2 Å². The van der Waals surface area contributed by atoms with Crippen molar-refractivity contribution in [1.29, 1.82) is 0 Å². The molecule has 1 aliphatic heterocycles. The van der Waals surface area contributed by atoms with E-state index in [1.54, 1.807) is 0 Å². The molecule has 1 aromatic rings. The lowest BCUT2D eigenvalue weighted by Gasteiger charge is -2.11. The molecule has 2 heteroatoms. The summed E-state index contributed by atoms with van der Waals surface area (Å²) in [7, 11) is 2.01. The number of benzene rings is 1. The number of hydrogen-bond donors (Lipinski definition) is 1. The van der Waals surface area contributed by atoms with Gasteiger partial charge in [0.1, 0.15) is 0 Å². The first kappa shape index (κ1) is 9.53. The van der Waals surface area contributed by atoms with Crippen molar-refractivity contribution in [1.82, 2.24) is 5.32 Å². The van der Waals surface area contributed by atoms with E-state index in [1.165, 1.54) is 23.4 Å². The van der Waals surface area contributed by atoms with Gasteiger partial charge in [-0.15, -0.1) is 0 Å². The molecular formula is C12H18N2. The molecule has 0 aromatic heterocycles. The molecule has 1 unspecified atom stereocenters. The van der Waals surface area contributed by atoms with E-state index in [2.05, 4.69) is 42.3 Å². The summed E-state index contributed by atoms with van der Waals surface area (Å²) >= 11 is 0. The second-order valence-corrected chi connectivity index (χ2v) is 4.08. The highest BCUT2D eigenvalue weighted by molar-refractivity contribution is 5.61. The van der Waals surface area contributed by atoms with Crippen LogP contribution in [0.3, 0.4) is 0 Å². The van der Waals surface area contributed by atoms with Crippen LogP contribution in [0, 0.1) is 13.8 Å². The van der Waals surface area contributed by atoms with Crippen LogP contribution in [0.1, 0.15) is 11.1 Å². The number of anilines is 1. The van der Waals surface area contributed by atoms with Crippen LogP contribution in [0.15, 0.2) is 18.2 Å². The van der Waals surface area contributed by atoms with Gasteiger partial charge in [-0.25, -0.2) is 0 Å². The Morgan fingerprint density at radius 1 is 1.43 bits per heavy atom. The van der Waals surface area contributed by atoms with Gasteiger partial charge in [0.15, 0.2) is 0 Å². The van der Waals surface area contributed by atoms with E-state index >= 15 is 0 Å². The molecule has 1 aliphatic rings. The molecule has 1 aromatic carbocycles. The summed E-state index contributed by atoms with van der Waals surface area (Å²) in [6.45, 7) is 6.67. The Morgan fingerprint density at radius 2 is 2.21 bits per heavy atom. The molecule has 0 amide bonds. The van der Waals surface area contributed by atoms with Crippen molar-refractivity contribution in [3.05, 3.63) is 29.3 Å². The fourth-order valence-electron chi connectivity index (χ4n) is 1.93. The van der Waals surface area contributed by atoms with Gasteiger partial charge in [0, 0.05) is 18.8 Å². The lowest BCUT2D eigenvalue weighted by molar-refractivity contribution is 0.790. The third kappa shape index (κ3) is 1.62. The maximum absolute atomic E-state index is 3.22. The Kier molecular flexibility index (Phi) is 2.46. The number of nitrogens with zero attached hydrogens (tertiary/aromatic N) is 1. The van der Waals surface area contributed by atoms with Gasteiger partial charge in [0.05, 0.1) is 6.04 Å². The van der Waals surface area contributed by atoms with Crippen LogP contribution in [0.25, 0.3) is 0 Å². The van der Waals surface area contributed by atoms with Crippen molar-refractivity contribution in [3.63, 3.8) is 0 Å².